The topological polar surface area (TPSA) is 87.8 Å². The fraction of sp³-hybridized carbons (Fsp3) is 0.833. The molecule has 27 heavy (non-hydrogen) atoms. The van der Waals surface area contributed by atoms with Gasteiger partial charge in [-0.3, -0.25) is 9.89 Å². The van der Waals surface area contributed by atoms with E-state index in [2.05, 4.69) is 60.3 Å². The molecule has 0 unspecified atom stereocenters. The van der Waals surface area contributed by atoms with Crippen molar-refractivity contribution in [3.63, 3.8) is 0 Å². The van der Waals surface area contributed by atoms with E-state index in [1.807, 2.05) is 0 Å². The molecule has 1 aliphatic rings. The van der Waals surface area contributed by atoms with E-state index in [1.165, 1.54) is 0 Å². The minimum Gasteiger partial charge on any atom is -0.379 e. The first-order valence-corrected chi connectivity index (χ1v) is 9.60. The van der Waals surface area contributed by atoms with E-state index in [1.54, 1.807) is 0 Å². The third-order valence-electron chi connectivity index (χ3n) is 4.47. The highest BCUT2D eigenvalue weighted by molar-refractivity contribution is 14.0. The van der Waals surface area contributed by atoms with Crippen LogP contribution in [0.15, 0.2) is 9.52 Å². The number of ether oxygens (including phenoxy) is 1. The van der Waals surface area contributed by atoms with Gasteiger partial charge in [-0.2, -0.15) is 4.98 Å². The molecule has 1 saturated heterocycles. The number of hydrogen-bond acceptors (Lipinski definition) is 6. The van der Waals surface area contributed by atoms with Crippen molar-refractivity contribution < 1.29 is 9.26 Å². The second-order valence-corrected chi connectivity index (χ2v) is 7.48. The highest BCUT2D eigenvalue weighted by atomic mass is 127. The normalized spacial score (nSPS) is 16.3. The highest BCUT2D eigenvalue weighted by Crippen LogP contribution is 2.16. The maximum absolute atomic E-state index is 5.45. The maximum atomic E-state index is 5.45. The van der Waals surface area contributed by atoms with Crippen molar-refractivity contribution in [2.45, 2.75) is 52.5 Å². The van der Waals surface area contributed by atoms with Crippen LogP contribution in [0.3, 0.4) is 0 Å². The SMILES string of the molecule is CCNC(=NCC(C)(C)N1CCOCC1)NCCc1nc(C(C)C)no1.I. The third-order valence-corrected chi connectivity index (χ3v) is 4.47. The molecular formula is C18H35IN6O2. The summed E-state index contributed by atoms with van der Waals surface area (Å²) < 4.78 is 10.7. The minimum absolute atomic E-state index is 0. The molecular weight excluding hydrogens is 459 g/mol. The van der Waals surface area contributed by atoms with Crippen LogP contribution in [-0.4, -0.2) is 72.5 Å². The lowest BCUT2D eigenvalue weighted by Gasteiger charge is -2.39. The average Bonchev–Trinajstić information content (AvgIpc) is 3.10. The smallest absolute Gasteiger partial charge is 0.228 e. The number of aliphatic imine (C=N–C) groups is 1. The maximum Gasteiger partial charge on any atom is 0.228 e. The Bertz CT molecular complexity index is 570. The number of nitrogens with one attached hydrogen (secondary N) is 2. The molecule has 0 saturated carbocycles. The quantitative estimate of drug-likeness (QED) is 0.325. The number of nitrogens with zero attached hydrogens (tertiary/aromatic N) is 4. The number of hydrogen-bond donors (Lipinski definition) is 2. The van der Waals surface area contributed by atoms with E-state index in [-0.39, 0.29) is 35.4 Å². The van der Waals surface area contributed by atoms with Gasteiger partial charge in [0.2, 0.25) is 5.89 Å². The van der Waals surface area contributed by atoms with Crippen molar-refractivity contribution in [2.24, 2.45) is 4.99 Å². The van der Waals surface area contributed by atoms with Gasteiger partial charge in [-0.05, 0) is 20.8 Å². The van der Waals surface area contributed by atoms with Crippen LogP contribution in [0.25, 0.3) is 0 Å². The van der Waals surface area contributed by atoms with Gasteiger partial charge < -0.3 is 19.9 Å². The Morgan fingerprint density at radius 1 is 1.26 bits per heavy atom. The molecule has 1 fully saturated rings. The predicted molar refractivity (Wildman–Crippen MR) is 118 cm³/mol. The first-order valence-electron chi connectivity index (χ1n) is 9.60. The van der Waals surface area contributed by atoms with Gasteiger partial charge in [0, 0.05) is 44.1 Å². The Balaban J connectivity index is 0.00000364. The Hall–Kier alpha value is -0.940. The molecule has 0 spiro atoms. The van der Waals surface area contributed by atoms with E-state index < -0.39 is 0 Å². The van der Waals surface area contributed by atoms with E-state index in [9.17, 15) is 0 Å². The summed E-state index contributed by atoms with van der Waals surface area (Å²) in [6, 6.07) is 0. The Kier molecular flexibility index (Phi) is 10.5. The second-order valence-electron chi connectivity index (χ2n) is 7.48. The van der Waals surface area contributed by atoms with Gasteiger partial charge in [-0.1, -0.05) is 19.0 Å². The summed E-state index contributed by atoms with van der Waals surface area (Å²) in [7, 11) is 0. The molecule has 2 heterocycles. The summed E-state index contributed by atoms with van der Waals surface area (Å²) in [5.74, 6) is 2.51. The monoisotopic (exact) mass is 494 g/mol. The fourth-order valence-electron chi connectivity index (χ4n) is 2.77. The molecule has 0 amide bonds. The molecule has 156 valence electrons. The van der Waals surface area contributed by atoms with Crippen LogP contribution in [0.5, 0.6) is 0 Å². The Morgan fingerprint density at radius 2 is 1.96 bits per heavy atom. The summed E-state index contributed by atoms with van der Waals surface area (Å²) in [5, 5.41) is 10.6. The first-order chi connectivity index (χ1) is 12.4. The van der Waals surface area contributed by atoms with Crippen molar-refractivity contribution in [3.8, 4) is 0 Å². The Morgan fingerprint density at radius 3 is 2.56 bits per heavy atom. The van der Waals surface area contributed by atoms with Crippen LogP contribution in [-0.2, 0) is 11.2 Å². The van der Waals surface area contributed by atoms with Gasteiger partial charge in [0.15, 0.2) is 11.8 Å². The fourth-order valence-corrected chi connectivity index (χ4v) is 2.77. The molecule has 2 N–H and O–H groups in total. The summed E-state index contributed by atoms with van der Waals surface area (Å²) in [6.07, 6.45) is 0.678. The van der Waals surface area contributed by atoms with Crippen molar-refractivity contribution in [3.05, 3.63) is 11.7 Å². The molecule has 1 aromatic rings. The van der Waals surface area contributed by atoms with E-state index in [0.29, 0.717) is 18.9 Å². The van der Waals surface area contributed by atoms with Gasteiger partial charge in [0.05, 0.1) is 19.8 Å². The molecule has 9 heteroatoms. The van der Waals surface area contributed by atoms with Gasteiger partial charge in [-0.25, -0.2) is 0 Å². The van der Waals surface area contributed by atoms with Crippen molar-refractivity contribution in [2.75, 3.05) is 45.9 Å². The molecule has 0 radical (unpaired) electrons. The van der Waals surface area contributed by atoms with Crippen molar-refractivity contribution in [1.82, 2.24) is 25.7 Å². The van der Waals surface area contributed by atoms with Crippen LogP contribution >= 0.6 is 24.0 Å². The summed E-state index contributed by atoms with van der Waals surface area (Å²) >= 11 is 0. The second kappa shape index (κ2) is 11.8. The van der Waals surface area contributed by atoms with E-state index >= 15 is 0 Å². The summed E-state index contributed by atoms with van der Waals surface area (Å²) in [5.41, 5.74) is 0.00475. The van der Waals surface area contributed by atoms with Gasteiger partial charge in [-0.15, -0.1) is 24.0 Å². The molecule has 2 rings (SSSR count). The van der Waals surface area contributed by atoms with Crippen LogP contribution in [0, 0.1) is 0 Å². The number of rotatable bonds is 8. The third kappa shape index (κ3) is 7.90. The van der Waals surface area contributed by atoms with Crippen molar-refractivity contribution >= 4 is 29.9 Å². The standard InChI is InChI=1S/C18H34N6O2.HI/c1-6-19-17(20-8-7-15-22-16(14(2)3)23-26-15)21-13-18(4,5)24-9-11-25-12-10-24;/h14H,6-13H2,1-5H3,(H2,19,20,21);1H. The van der Waals surface area contributed by atoms with Gasteiger partial charge in [0.25, 0.3) is 0 Å². The van der Waals surface area contributed by atoms with Crippen LogP contribution < -0.4 is 10.6 Å². The zero-order valence-corrected chi connectivity index (χ0v) is 19.6. The lowest BCUT2D eigenvalue weighted by atomic mass is 10.0. The number of aromatic nitrogens is 2. The average molecular weight is 494 g/mol. The van der Waals surface area contributed by atoms with Crippen molar-refractivity contribution in [1.29, 1.82) is 0 Å². The molecule has 0 aromatic carbocycles. The zero-order chi connectivity index (χ0) is 19.0. The van der Waals surface area contributed by atoms with Crippen LogP contribution in [0.2, 0.25) is 0 Å². The molecule has 8 nitrogen and oxygen atoms in total. The van der Waals surface area contributed by atoms with Crippen LogP contribution in [0.4, 0.5) is 0 Å². The van der Waals surface area contributed by atoms with Gasteiger partial charge in [0.1, 0.15) is 0 Å². The number of morpholine rings is 1. The lowest BCUT2D eigenvalue weighted by molar-refractivity contribution is -0.00683. The Labute approximate surface area is 179 Å². The lowest BCUT2D eigenvalue weighted by Crippen LogP contribution is -2.52. The van der Waals surface area contributed by atoms with E-state index in [0.717, 1.165) is 51.2 Å². The highest BCUT2D eigenvalue weighted by Gasteiger charge is 2.28. The first kappa shape index (κ1) is 24.1. The molecule has 1 aliphatic heterocycles. The molecule has 1 aromatic heterocycles. The predicted octanol–water partition coefficient (Wildman–Crippen LogP) is 2.02. The molecule has 0 aliphatic carbocycles. The summed E-state index contributed by atoms with van der Waals surface area (Å²) in [4.78, 5) is 11.6. The molecule has 0 bridgehead atoms. The van der Waals surface area contributed by atoms with Crippen LogP contribution in [0.1, 0.15) is 52.3 Å². The molecule has 0 atom stereocenters. The van der Waals surface area contributed by atoms with Gasteiger partial charge >= 0.3 is 0 Å². The largest absolute Gasteiger partial charge is 0.379 e. The minimum atomic E-state index is 0. The number of halogens is 1. The van der Waals surface area contributed by atoms with E-state index in [4.69, 9.17) is 14.3 Å². The summed E-state index contributed by atoms with van der Waals surface area (Å²) in [6.45, 7) is 16.4. The zero-order valence-electron chi connectivity index (χ0n) is 17.2. The number of guanidine groups is 1.